The zero-order valence-electron chi connectivity index (χ0n) is 14.4. The van der Waals surface area contributed by atoms with E-state index in [1.807, 2.05) is 12.3 Å². The first-order chi connectivity index (χ1) is 12.2. The minimum Gasteiger partial charge on any atom is -0.356 e. The van der Waals surface area contributed by atoms with Crippen LogP contribution in [0.3, 0.4) is 0 Å². The number of guanidine groups is 1. The molecule has 0 atom stereocenters. The maximum Gasteiger partial charge on any atom is 0.511 e. The van der Waals surface area contributed by atoms with Crippen LogP contribution in [0.4, 0.5) is 13.2 Å². The molecule has 2 rings (SSSR count). The van der Waals surface area contributed by atoms with Gasteiger partial charge in [0.2, 0.25) is 0 Å². The standard InChI is InChI=1S/C14H23F3N6O2S/c1-18-13(19-6-10-22-7-2-5-21-22)20-11-12-3-8-23(9-4-12)26(24,25)14(15,16)17/h2,5,7,12H,3-4,6,8-11H2,1H3,(H2,18,19,20). The van der Waals surface area contributed by atoms with Gasteiger partial charge in [0.15, 0.2) is 5.96 Å². The molecule has 148 valence electrons. The van der Waals surface area contributed by atoms with E-state index >= 15 is 0 Å². The van der Waals surface area contributed by atoms with Gasteiger partial charge in [0.1, 0.15) is 0 Å². The van der Waals surface area contributed by atoms with Crippen LogP contribution in [-0.2, 0) is 16.6 Å². The van der Waals surface area contributed by atoms with Crippen LogP contribution >= 0.6 is 0 Å². The average Bonchev–Trinajstić information content (AvgIpc) is 3.10. The second-order valence-electron chi connectivity index (χ2n) is 5.94. The molecule has 1 aliphatic heterocycles. The Balaban J connectivity index is 1.71. The number of nitrogens with zero attached hydrogens (tertiary/aromatic N) is 4. The lowest BCUT2D eigenvalue weighted by Gasteiger charge is -2.31. The number of sulfonamides is 1. The molecule has 1 aromatic heterocycles. The van der Waals surface area contributed by atoms with Crippen molar-refractivity contribution in [1.82, 2.24) is 24.7 Å². The van der Waals surface area contributed by atoms with Crippen LogP contribution in [0.2, 0.25) is 0 Å². The molecule has 0 radical (unpaired) electrons. The minimum absolute atomic E-state index is 0.0827. The summed E-state index contributed by atoms with van der Waals surface area (Å²) in [6.45, 7) is 1.55. The van der Waals surface area contributed by atoms with Crippen molar-refractivity contribution in [2.45, 2.75) is 24.9 Å². The number of nitrogens with one attached hydrogen (secondary N) is 2. The Labute approximate surface area is 150 Å². The van der Waals surface area contributed by atoms with Gasteiger partial charge in [-0.3, -0.25) is 9.67 Å². The van der Waals surface area contributed by atoms with E-state index in [2.05, 4.69) is 20.7 Å². The van der Waals surface area contributed by atoms with Crippen molar-refractivity contribution in [2.24, 2.45) is 10.9 Å². The van der Waals surface area contributed by atoms with Crippen molar-refractivity contribution >= 4 is 16.0 Å². The maximum absolute atomic E-state index is 12.6. The van der Waals surface area contributed by atoms with E-state index in [4.69, 9.17) is 0 Å². The van der Waals surface area contributed by atoms with Crippen molar-refractivity contribution in [3.05, 3.63) is 18.5 Å². The molecule has 1 fully saturated rings. The summed E-state index contributed by atoms with van der Waals surface area (Å²) in [5.74, 6) is 0.668. The highest BCUT2D eigenvalue weighted by molar-refractivity contribution is 7.90. The van der Waals surface area contributed by atoms with Gasteiger partial charge in [-0.1, -0.05) is 0 Å². The van der Waals surface area contributed by atoms with Gasteiger partial charge < -0.3 is 10.6 Å². The van der Waals surface area contributed by atoms with Gasteiger partial charge in [0.25, 0.3) is 0 Å². The highest BCUT2D eigenvalue weighted by atomic mass is 32.2. The molecule has 1 aromatic rings. The smallest absolute Gasteiger partial charge is 0.356 e. The highest BCUT2D eigenvalue weighted by Gasteiger charge is 2.50. The van der Waals surface area contributed by atoms with E-state index < -0.39 is 15.5 Å². The fraction of sp³-hybridized carbons (Fsp3) is 0.714. The molecule has 0 aromatic carbocycles. The van der Waals surface area contributed by atoms with Gasteiger partial charge in [-0.2, -0.15) is 22.6 Å². The first-order valence-electron chi connectivity index (χ1n) is 8.22. The number of alkyl halides is 3. The normalized spacial score (nSPS) is 18.1. The van der Waals surface area contributed by atoms with Crippen LogP contribution in [0.5, 0.6) is 0 Å². The monoisotopic (exact) mass is 396 g/mol. The summed E-state index contributed by atoms with van der Waals surface area (Å²) in [5, 5.41) is 10.3. The second-order valence-corrected chi connectivity index (χ2v) is 7.87. The molecule has 0 unspecified atom stereocenters. The Hall–Kier alpha value is -1.82. The first kappa shape index (κ1) is 20.5. The Kier molecular flexibility index (Phi) is 6.87. The maximum atomic E-state index is 12.6. The highest BCUT2D eigenvalue weighted by Crippen LogP contribution is 2.30. The molecule has 0 aliphatic carbocycles. The van der Waals surface area contributed by atoms with Crippen molar-refractivity contribution in [2.75, 3.05) is 33.2 Å². The lowest BCUT2D eigenvalue weighted by atomic mass is 9.98. The third-order valence-corrected chi connectivity index (χ3v) is 5.81. The lowest BCUT2D eigenvalue weighted by Crippen LogP contribution is -2.47. The fourth-order valence-electron chi connectivity index (χ4n) is 2.68. The zero-order valence-corrected chi connectivity index (χ0v) is 15.2. The van der Waals surface area contributed by atoms with Gasteiger partial charge in [-0.25, -0.2) is 8.42 Å². The van der Waals surface area contributed by atoms with Crippen molar-refractivity contribution < 1.29 is 21.6 Å². The summed E-state index contributed by atoms with van der Waals surface area (Å²) in [5.41, 5.74) is -5.24. The predicted molar refractivity (Wildman–Crippen MR) is 90.9 cm³/mol. The molecular weight excluding hydrogens is 373 g/mol. The first-order valence-corrected chi connectivity index (χ1v) is 9.66. The Morgan fingerprint density at radius 1 is 1.31 bits per heavy atom. The molecule has 2 N–H and O–H groups in total. The number of halogens is 3. The van der Waals surface area contributed by atoms with Gasteiger partial charge in [-0.15, -0.1) is 0 Å². The average molecular weight is 396 g/mol. The zero-order chi connectivity index (χ0) is 19.2. The largest absolute Gasteiger partial charge is 0.511 e. The number of aliphatic imine (C=N–C) groups is 1. The lowest BCUT2D eigenvalue weighted by molar-refractivity contribution is -0.0496. The fourth-order valence-corrected chi connectivity index (χ4v) is 3.67. The molecule has 12 heteroatoms. The van der Waals surface area contributed by atoms with E-state index in [-0.39, 0.29) is 19.0 Å². The Morgan fingerprint density at radius 3 is 2.54 bits per heavy atom. The summed E-state index contributed by atoms with van der Waals surface area (Å²) in [7, 11) is -3.60. The summed E-state index contributed by atoms with van der Waals surface area (Å²) in [6.07, 6.45) is 4.28. The molecule has 26 heavy (non-hydrogen) atoms. The van der Waals surface area contributed by atoms with Gasteiger partial charge in [0, 0.05) is 45.6 Å². The molecule has 0 amide bonds. The molecule has 8 nitrogen and oxygen atoms in total. The van der Waals surface area contributed by atoms with E-state index in [0.717, 1.165) is 0 Å². The molecule has 1 saturated heterocycles. The van der Waals surface area contributed by atoms with Crippen molar-refractivity contribution in [3.8, 4) is 0 Å². The molecule has 0 bridgehead atoms. The Bertz CT molecular complexity index is 682. The van der Waals surface area contributed by atoms with Gasteiger partial charge in [-0.05, 0) is 24.8 Å². The summed E-state index contributed by atoms with van der Waals surface area (Å²) in [6, 6.07) is 1.83. The minimum atomic E-state index is -5.24. The molecule has 2 heterocycles. The number of hydrogen-bond acceptors (Lipinski definition) is 4. The second kappa shape index (κ2) is 8.71. The van der Waals surface area contributed by atoms with Crippen LogP contribution < -0.4 is 10.6 Å². The number of rotatable bonds is 6. The summed E-state index contributed by atoms with van der Waals surface area (Å²) < 4.78 is 62.8. The number of piperidine rings is 1. The van der Waals surface area contributed by atoms with Crippen LogP contribution in [0.25, 0.3) is 0 Å². The molecular formula is C14H23F3N6O2S. The van der Waals surface area contributed by atoms with Crippen molar-refractivity contribution in [3.63, 3.8) is 0 Å². The topological polar surface area (TPSA) is 91.6 Å². The van der Waals surface area contributed by atoms with Gasteiger partial charge >= 0.3 is 15.5 Å². The quantitative estimate of drug-likeness (QED) is 0.543. The van der Waals surface area contributed by atoms with Gasteiger partial charge in [0.05, 0.1) is 6.54 Å². The van der Waals surface area contributed by atoms with Crippen LogP contribution in [0.15, 0.2) is 23.5 Å². The summed E-state index contributed by atoms with van der Waals surface area (Å²) >= 11 is 0. The summed E-state index contributed by atoms with van der Waals surface area (Å²) in [4.78, 5) is 4.09. The van der Waals surface area contributed by atoms with E-state index in [9.17, 15) is 21.6 Å². The van der Waals surface area contributed by atoms with Crippen LogP contribution in [0, 0.1) is 5.92 Å². The SMILES string of the molecule is CN=C(NCCn1cccn1)NCC1CCN(S(=O)(=O)C(F)(F)F)CC1. The number of hydrogen-bond donors (Lipinski definition) is 2. The van der Waals surface area contributed by atoms with Crippen molar-refractivity contribution in [1.29, 1.82) is 0 Å². The van der Waals surface area contributed by atoms with Crippen LogP contribution in [0.1, 0.15) is 12.8 Å². The Morgan fingerprint density at radius 2 is 2.00 bits per heavy atom. The molecule has 1 aliphatic rings. The van der Waals surface area contributed by atoms with E-state index in [0.29, 0.717) is 42.7 Å². The van der Waals surface area contributed by atoms with E-state index in [1.54, 1.807) is 17.9 Å². The third-order valence-electron chi connectivity index (χ3n) is 4.18. The third kappa shape index (κ3) is 5.34. The molecule has 0 saturated carbocycles. The van der Waals surface area contributed by atoms with E-state index in [1.165, 1.54) is 0 Å². The predicted octanol–water partition coefficient (Wildman–Crippen LogP) is 0.610. The number of aromatic nitrogens is 2. The molecule has 0 spiro atoms. The van der Waals surface area contributed by atoms with Crippen LogP contribution in [-0.4, -0.2) is 67.2 Å².